The Kier molecular flexibility index (Phi) is 7.33. The second kappa shape index (κ2) is 9.95. The lowest BCUT2D eigenvalue weighted by Crippen LogP contribution is -2.28. The third kappa shape index (κ3) is 5.12. The minimum Gasteiger partial charge on any atom is -0.497 e. The molecular weight excluding hydrogens is 404 g/mol. The average molecular weight is 433 g/mol. The quantitative estimate of drug-likeness (QED) is 0.607. The molecule has 8 heteroatoms. The number of amides is 1. The van der Waals surface area contributed by atoms with Crippen molar-refractivity contribution in [2.75, 3.05) is 32.1 Å². The topological polar surface area (TPSA) is 84.9 Å². The number of carbonyl (C=O) groups excluding carboxylic acids is 1. The zero-order chi connectivity index (χ0) is 21.6. The zero-order valence-corrected chi connectivity index (χ0v) is 18.2. The Morgan fingerprint density at radius 1 is 1.13 bits per heavy atom. The normalized spacial score (nSPS) is 14.5. The van der Waals surface area contributed by atoms with Crippen molar-refractivity contribution in [3.63, 3.8) is 0 Å². The molecule has 0 saturated carbocycles. The van der Waals surface area contributed by atoms with Gasteiger partial charge in [0.1, 0.15) is 11.5 Å². The summed E-state index contributed by atoms with van der Waals surface area (Å²) in [5.41, 5.74) is 0.737. The van der Waals surface area contributed by atoms with Crippen molar-refractivity contribution in [1.29, 1.82) is 0 Å². The van der Waals surface area contributed by atoms with Gasteiger partial charge in [-0.05, 0) is 49.6 Å². The second-order valence-corrected chi connectivity index (χ2v) is 9.10. The standard InChI is InChI=1S/C22H28N2O5S/c1-3-4-14-29-21-11-10-18(28-2)16-20(21)23-22(25)17-8-7-9-19(15-17)30(26,27)24-12-5-6-13-24/h7-11,15-16H,3-6,12-14H2,1-2H3,(H,23,25). The summed E-state index contributed by atoms with van der Waals surface area (Å²) < 4.78 is 38.1. The summed E-state index contributed by atoms with van der Waals surface area (Å²) in [7, 11) is -2.05. The lowest BCUT2D eigenvalue weighted by Gasteiger charge is -2.16. The van der Waals surface area contributed by atoms with Crippen LogP contribution in [-0.2, 0) is 10.0 Å². The van der Waals surface area contributed by atoms with Crippen LogP contribution in [0, 0.1) is 0 Å². The highest BCUT2D eigenvalue weighted by Crippen LogP contribution is 2.30. The molecule has 7 nitrogen and oxygen atoms in total. The molecule has 1 N–H and O–H groups in total. The molecule has 2 aromatic rings. The minimum atomic E-state index is -3.59. The first-order valence-corrected chi connectivity index (χ1v) is 11.6. The lowest BCUT2D eigenvalue weighted by molar-refractivity contribution is 0.102. The molecule has 1 heterocycles. The van der Waals surface area contributed by atoms with Crippen molar-refractivity contribution in [1.82, 2.24) is 4.31 Å². The summed E-state index contributed by atoms with van der Waals surface area (Å²) in [4.78, 5) is 13.0. The van der Waals surface area contributed by atoms with Gasteiger partial charge in [0.05, 0.1) is 24.3 Å². The molecule has 1 amide bonds. The fraction of sp³-hybridized carbons (Fsp3) is 0.409. The van der Waals surface area contributed by atoms with Crippen molar-refractivity contribution in [3.8, 4) is 11.5 Å². The van der Waals surface area contributed by atoms with E-state index in [1.165, 1.54) is 16.4 Å². The van der Waals surface area contributed by atoms with Crippen LogP contribution in [0.2, 0.25) is 0 Å². The fourth-order valence-electron chi connectivity index (χ4n) is 3.26. The largest absolute Gasteiger partial charge is 0.497 e. The molecule has 0 atom stereocenters. The van der Waals surface area contributed by atoms with Gasteiger partial charge in [0.25, 0.3) is 5.91 Å². The monoisotopic (exact) mass is 432 g/mol. The number of nitrogens with zero attached hydrogens (tertiary/aromatic N) is 1. The van der Waals surface area contributed by atoms with Crippen LogP contribution in [0.25, 0.3) is 0 Å². The summed E-state index contributed by atoms with van der Waals surface area (Å²) >= 11 is 0. The van der Waals surface area contributed by atoms with Gasteiger partial charge in [-0.1, -0.05) is 19.4 Å². The number of hydrogen-bond donors (Lipinski definition) is 1. The summed E-state index contributed by atoms with van der Waals surface area (Å²) in [6, 6.07) is 11.3. The molecule has 30 heavy (non-hydrogen) atoms. The molecule has 1 aliphatic heterocycles. The van der Waals surface area contributed by atoms with E-state index in [1.54, 1.807) is 37.4 Å². The van der Waals surface area contributed by atoms with E-state index in [-0.39, 0.29) is 10.5 Å². The first-order valence-electron chi connectivity index (χ1n) is 10.2. The Morgan fingerprint density at radius 3 is 2.60 bits per heavy atom. The number of rotatable bonds is 9. The molecule has 0 aromatic heterocycles. The number of anilines is 1. The Labute approximate surface area is 178 Å². The molecule has 0 unspecified atom stereocenters. The van der Waals surface area contributed by atoms with Crippen LogP contribution in [-0.4, -0.2) is 45.4 Å². The molecule has 1 fully saturated rings. The smallest absolute Gasteiger partial charge is 0.255 e. The van der Waals surface area contributed by atoms with Gasteiger partial charge >= 0.3 is 0 Å². The highest BCUT2D eigenvalue weighted by atomic mass is 32.2. The maximum atomic E-state index is 12.9. The number of carbonyl (C=O) groups is 1. The minimum absolute atomic E-state index is 0.127. The van der Waals surface area contributed by atoms with Gasteiger partial charge in [0, 0.05) is 24.7 Å². The van der Waals surface area contributed by atoms with Crippen molar-refractivity contribution in [3.05, 3.63) is 48.0 Å². The maximum absolute atomic E-state index is 12.9. The molecule has 0 radical (unpaired) electrons. The average Bonchev–Trinajstić information content (AvgIpc) is 3.31. The molecule has 0 spiro atoms. The number of ether oxygens (including phenoxy) is 2. The number of unbranched alkanes of at least 4 members (excludes halogenated alkanes) is 1. The Balaban J connectivity index is 1.82. The van der Waals surface area contributed by atoms with Crippen molar-refractivity contribution in [2.24, 2.45) is 0 Å². The highest BCUT2D eigenvalue weighted by molar-refractivity contribution is 7.89. The lowest BCUT2D eigenvalue weighted by atomic mass is 10.2. The number of sulfonamides is 1. The molecule has 1 aliphatic rings. The SMILES string of the molecule is CCCCOc1ccc(OC)cc1NC(=O)c1cccc(S(=O)(=O)N2CCCC2)c1. The van der Waals surface area contributed by atoms with Crippen molar-refractivity contribution in [2.45, 2.75) is 37.5 Å². The molecule has 162 valence electrons. The van der Waals surface area contributed by atoms with Gasteiger partial charge in [-0.2, -0.15) is 4.31 Å². The van der Waals surface area contributed by atoms with Gasteiger partial charge < -0.3 is 14.8 Å². The van der Waals surface area contributed by atoms with E-state index >= 15 is 0 Å². The number of benzene rings is 2. The zero-order valence-electron chi connectivity index (χ0n) is 17.4. The number of hydrogen-bond acceptors (Lipinski definition) is 5. The number of nitrogens with one attached hydrogen (secondary N) is 1. The molecular formula is C22H28N2O5S. The van der Waals surface area contributed by atoms with E-state index in [1.807, 2.05) is 0 Å². The van der Waals surface area contributed by atoms with Gasteiger partial charge in [0.15, 0.2) is 0 Å². The molecule has 0 bridgehead atoms. The molecule has 1 saturated heterocycles. The van der Waals surface area contributed by atoms with E-state index in [9.17, 15) is 13.2 Å². The van der Waals surface area contributed by atoms with Crippen molar-refractivity contribution < 1.29 is 22.7 Å². The molecule has 2 aromatic carbocycles. The third-order valence-corrected chi connectivity index (χ3v) is 6.88. The third-order valence-electron chi connectivity index (χ3n) is 4.99. The van der Waals surface area contributed by atoms with Crippen molar-refractivity contribution >= 4 is 21.6 Å². The van der Waals surface area contributed by atoms with Gasteiger partial charge in [0.2, 0.25) is 10.0 Å². The summed E-state index contributed by atoms with van der Waals surface area (Å²) in [5.74, 6) is 0.707. The van der Waals surface area contributed by atoms with Crippen LogP contribution in [0.1, 0.15) is 43.0 Å². The van der Waals surface area contributed by atoms with Crippen LogP contribution < -0.4 is 14.8 Å². The van der Waals surface area contributed by atoms with Gasteiger partial charge in [-0.15, -0.1) is 0 Å². The Bertz CT molecular complexity index is 985. The van der Waals surface area contributed by atoms with Crippen LogP contribution in [0.3, 0.4) is 0 Å². The summed E-state index contributed by atoms with van der Waals surface area (Å²) in [5, 5.41) is 2.82. The van der Waals surface area contributed by atoms with E-state index in [0.29, 0.717) is 36.9 Å². The highest BCUT2D eigenvalue weighted by Gasteiger charge is 2.27. The fourth-order valence-corrected chi connectivity index (χ4v) is 4.82. The summed E-state index contributed by atoms with van der Waals surface area (Å²) in [6.45, 7) is 3.64. The molecule has 3 rings (SSSR count). The first kappa shape index (κ1) is 22.1. The second-order valence-electron chi connectivity index (χ2n) is 7.16. The van der Waals surface area contributed by atoms with Crippen LogP contribution >= 0.6 is 0 Å². The molecule has 0 aliphatic carbocycles. The predicted octanol–water partition coefficient (Wildman–Crippen LogP) is 3.91. The van der Waals surface area contributed by atoms with Crippen LogP contribution in [0.4, 0.5) is 5.69 Å². The van der Waals surface area contributed by atoms with E-state index in [4.69, 9.17) is 9.47 Å². The Hall–Kier alpha value is -2.58. The van der Waals surface area contributed by atoms with E-state index < -0.39 is 15.9 Å². The number of methoxy groups -OCH3 is 1. The van der Waals surface area contributed by atoms with E-state index in [2.05, 4.69) is 12.2 Å². The van der Waals surface area contributed by atoms with E-state index in [0.717, 1.165) is 25.7 Å². The first-order chi connectivity index (χ1) is 14.5. The maximum Gasteiger partial charge on any atom is 0.255 e. The summed E-state index contributed by atoms with van der Waals surface area (Å²) in [6.07, 6.45) is 3.61. The van der Waals surface area contributed by atoms with Gasteiger partial charge in [-0.3, -0.25) is 4.79 Å². The van der Waals surface area contributed by atoms with Crippen LogP contribution in [0.15, 0.2) is 47.4 Å². The van der Waals surface area contributed by atoms with Gasteiger partial charge in [-0.25, -0.2) is 8.42 Å². The van der Waals surface area contributed by atoms with Crippen LogP contribution in [0.5, 0.6) is 11.5 Å². The Morgan fingerprint density at radius 2 is 1.90 bits per heavy atom. The predicted molar refractivity (Wildman–Crippen MR) is 116 cm³/mol.